The maximum absolute atomic E-state index is 14.8. The molecule has 3 aromatic rings. The van der Waals surface area contributed by atoms with E-state index >= 15 is 0 Å². The van der Waals surface area contributed by atoms with Crippen LogP contribution in [0.15, 0.2) is 48.7 Å². The Bertz CT molecular complexity index is 1550. The van der Waals surface area contributed by atoms with Crippen molar-refractivity contribution in [1.82, 2.24) is 9.88 Å². The minimum Gasteiger partial charge on any atom is -0.480 e. The molecule has 5 rings (SSSR count). The van der Waals surface area contributed by atoms with Crippen molar-refractivity contribution in [2.45, 2.75) is 56.6 Å². The Hall–Kier alpha value is -4.25. The van der Waals surface area contributed by atoms with Gasteiger partial charge in [-0.2, -0.15) is 0 Å². The molecule has 12 heteroatoms. The van der Waals surface area contributed by atoms with Gasteiger partial charge in [-0.05, 0) is 73.7 Å². The van der Waals surface area contributed by atoms with E-state index in [1.54, 1.807) is 30.3 Å². The predicted molar refractivity (Wildman–Crippen MR) is 157 cm³/mol. The molecule has 3 heterocycles. The Morgan fingerprint density at radius 1 is 1.12 bits per heavy atom. The van der Waals surface area contributed by atoms with Crippen molar-refractivity contribution in [3.8, 4) is 11.1 Å². The van der Waals surface area contributed by atoms with Crippen molar-refractivity contribution in [2.24, 2.45) is 0 Å². The van der Waals surface area contributed by atoms with Crippen molar-refractivity contribution in [1.29, 1.82) is 0 Å². The standard InChI is InChI=1S/C31H31ClF2N4O5/c1-38(14-4-7-26-27-23(37-31(42)43-26)11-9-21(32)28(27)34)29(39)19-5-2-3-6-24(30(40)41)36-22-10-8-18(33)16-20(22)17-12-13-35-25(19)15-17/h8-13,15-16,19,24,26,36H,2-7,14H2,1H3,(H,37,42)(H,40,41). The Kier molecular flexibility index (Phi) is 9.10. The highest BCUT2D eigenvalue weighted by Gasteiger charge is 2.31. The molecule has 2 bridgehead atoms. The topological polar surface area (TPSA) is 121 Å². The van der Waals surface area contributed by atoms with E-state index in [2.05, 4.69) is 15.6 Å². The minimum atomic E-state index is -1.01. The first-order valence-electron chi connectivity index (χ1n) is 14.1. The first-order valence-corrected chi connectivity index (χ1v) is 14.5. The van der Waals surface area contributed by atoms with Gasteiger partial charge in [0, 0.05) is 31.0 Å². The normalized spacial score (nSPS) is 19.7. The minimum absolute atomic E-state index is 0.0798. The SMILES string of the molecule is CN(CCCC1OC(=O)Nc2ccc(Cl)c(F)c21)C(=O)C1CCCCC(C(=O)O)Nc2ccc(F)cc2-c2ccnc1c2. The van der Waals surface area contributed by atoms with Crippen LogP contribution in [0.3, 0.4) is 0 Å². The number of carbonyl (C=O) groups excluding carboxylic acids is 2. The molecule has 0 spiro atoms. The van der Waals surface area contributed by atoms with Gasteiger partial charge in [0.2, 0.25) is 5.91 Å². The third kappa shape index (κ3) is 6.72. The third-order valence-electron chi connectivity index (χ3n) is 7.87. The number of cyclic esters (lactones) is 1. The Morgan fingerprint density at radius 2 is 1.88 bits per heavy atom. The molecular formula is C31H31ClF2N4O5. The van der Waals surface area contributed by atoms with Gasteiger partial charge in [0.15, 0.2) is 5.82 Å². The number of aliphatic carboxylic acids is 1. The first kappa shape index (κ1) is 30.2. The fourth-order valence-corrected chi connectivity index (χ4v) is 5.80. The Balaban J connectivity index is 1.35. The van der Waals surface area contributed by atoms with E-state index in [0.717, 1.165) is 0 Å². The number of ether oxygens (including phenoxy) is 1. The lowest BCUT2D eigenvalue weighted by Crippen LogP contribution is -2.34. The van der Waals surface area contributed by atoms with E-state index in [1.165, 1.54) is 30.3 Å². The summed E-state index contributed by atoms with van der Waals surface area (Å²) >= 11 is 5.96. The van der Waals surface area contributed by atoms with Gasteiger partial charge in [-0.3, -0.25) is 15.1 Å². The second kappa shape index (κ2) is 12.9. The van der Waals surface area contributed by atoms with Crippen LogP contribution in [0.2, 0.25) is 5.02 Å². The fraction of sp³-hybridized carbons (Fsp3) is 0.355. The van der Waals surface area contributed by atoms with Gasteiger partial charge < -0.3 is 20.1 Å². The lowest BCUT2D eigenvalue weighted by Gasteiger charge is -2.28. The molecule has 0 saturated carbocycles. The summed E-state index contributed by atoms with van der Waals surface area (Å²) in [7, 11) is 1.66. The molecule has 43 heavy (non-hydrogen) atoms. The van der Waals surface area contributed by atoms with Crippen LogP contribution in [0.4, 0.5) is 25.0 Å². The molecule has 0 saturated heterocycles. The van der Waals surface area contributed by atoms with E-state index in [0.29, 0.717) is 66.8 Å². The van der Waals surface area contributed by atoms with Gasteiger partial charge in [-0.1, -0.05) is 24.4 Å². The second-order valence-electron chi connectivity index (χ2n) is 10.8. The number of likely N-dealkylation sites (N-methyl/N-ethyl adjacent to an activating group) is 1. The summed E-state index contributed by atoms with van der Waals surface area (Å²) in [5, 5.41) is 15.2. The number of hydrogen-bond donors (Lipinski definition) is 3. The van der Waals surface area contributed by atoms with E-state index in [4.69, 9.17) is 16.3 Å². The van der Waals surface area contributed by atoms with E-state index in [1.807, 2.05) is 0 Å². The smallest absolute Gasteiger partial charge is 0.412 e. The third-order valence-corrected chi connectivity index (χ3v) is 8.16. The average molecular weight is 613 g/mol. The number of amides is 2. The number of pyridine rings is 1. The lowest BCUT2D eigenvalue weighted by molar-refractivity contribution is -0.138. The summed E-state index contributed by atoms with van der Waals surface area (Å²) in [6.45, 7) is 0.299. The van der Waals surface area contributed by atoms with Crippen LogP contribution in [-0.2, 0) is 14.3 Å². The van der Waals surface area contributed by atoms with Crippen molar-refractivity contribution in [2.75, 3.05) is 24.2 Å². The maximum Gasteiger partial charge on any atom is 0.412 e. The van der Waals surface area contributed by atoms with E-state index in [-0.39, 0.29) is 22.9 Å². The zero-order chi connectivity index (χ0) is 30.7. The van der Waals surface area contributed by atoms with Crippen LogP contribution in [0.1, 0.15) is 61.8 Å². The number of benzene rings is 2. The number of carbonyl (C=O) groups is 3. The van der Waals surface area contributed by atoms with Gasteiger partial charge in [0.05, 0.1) is 27.9 Å². The molecule has 0 radical (unpaired) electrons. The van der Waals surface area contributed by atoms with Crippen LogP contribution < -0.4 is 10.6 Å². The number of carboxylic acid groups (broad SMARTS) is 1. The van der Waals surface area contributed by atoms with Crippen molar-refractivity contribution in [3.63, 3.8) is 0 Å². The van der Waals surface area contributed by atoms with Crippen LogP contribution >= 0.6 is 11.6 Å². The van der Waals surface area contributed by atoms with E-state index in [9.17, 15) is 28.3 Å². The largest absolute Gasteiger partial charge is 0.480 e. The molecule has 0 aliphatic carbocycles. The van der Waals surface area contributed by atoms with Gasteiger partial charge >= 0.3 is 12.1 Å². The molecule has 2 aromatic carbocycles. The number of rotatable bonds is 6. The number of aromatic nitrogens is 1. The zero-order valence-corrected chi connectivity index (χ0v) is 24.2. The molecule has 3 unspecified atom stereocenters. The van der Waals surface area contributed by atoms with Crippen LogP contribution in [0.25, 0.3) is 11.1 Å². The summed E-state index contributed by atoms with van der Waals surface area (Å²) < 4.78 is 34.4. The van der Waals surface area contributed by atoms with Crippen LogP contribution in [0, 0.1) is 11.6 Å². The molecular weight excluding hydrogens is 582 g/mol. The monoisotopic (exact) mass is 612 g/mol. The highest BCUT2D eigenvalue weighted by molar-refractivity contribution is 6.31. The number of hydrogen-bond acceptors (Lipinski definition) is 6. The van der Waals surface area contributed by atoms with Crippen LogP contribution in [-0.4, -0.2) is 52.6 Å². The van der Waals surface area contributed by atoms with Gasteiger partial charge in [0.1, 0.15) is 18.0 Å². The molecule has 3 N–H and O–H groups in total. The lowest BCUT2D eigenvalue weighted by atomic mass is 9.91. The predicted octanol–water partition coefficient (Wildman–Crippen LogP) is 6.74. The molecule has 2 aliphatic rings. The molecule has 0 fully saturated rings. The molecule has 226 valence electrons. The van der Waals surface area contributed by atoms with Gasteiger partial charge in [0.25, 0.3) is 0 Å². The number of halogens is 3. The quantitative estimate of drug-likeness (QED) is 0.282. The summed E-state index contributed by atoms with van der Waals surface area (Å²) in [4.78, 5) is 43.8. The number of nitrogens with one attached hydrogen (secondary N) is 2. The second-order valence-corrected chi connectivity index (χ2v) is 11.2. The number of nitrogens with zero attached hydrogens (tertiary/aromatic N) is 2. The summed E-state index contributed by atoms with van der Waals surface area (Å²) in [5.74, 6) is -2.96. The maximum atomic E-state index is 14.8. The van der Waals surface area contributed by atoms with Gasteiger partial charge in [-0.25, -0.2) is 18.4 Å². The number of anilines is 2. The summed E-state index contributed by atoms with van der Waals surface area (Å²) in [6, 6.07) is 9.56. The van der Waals surface area contributed by atoms with E-state index < -0.39 is 41.8 Å². The van der Waals surface area contributed by atoms with Crippen molar-refractivity contribution in [3.05, 3.63) is 76.6 Å². The van der Waals surface area contributed by atoms with Crippen LogP contribution in [0.5, 0.6) is 0 Å². The Labute approximate surface area is 252 Å². The zero-order valence-electron chi connectivity index (χ0n) is 23.4. The number of fused-ring (bicyclic) bond motifs is 5. The average Bonchev–Trinajstić information content (AvgIpc) is 2.98. The summed E-state index contributed by atoms with van der Waals surface area (Å²) in [5.41, 5.74) is 2.55. The molecule has 1 aromatic heterocycles. The highest BCUT2D eigenvalue weighted by Crippen LogP contribution is 2.38. The van der Waals surface area contributed by atoms with Gasteiger partial charge in [-0.15, -0.1) is 0 Å². The summed E-state index contributed by atoms with van der Waals surface area (Å²) in [6.07, 6.45) is 2.56. The van der Waals surface area contributed by atoms with Crippen molar-refractivity contribution >= 4 is 40.9 Å². The number of carboxylic acids is 1. The molecule has 2 aliphatic heterocycles. The van der Waals surface area contributed by atoms with Crippen molar-refractivity contribution < 1.29 is 33.0 Å². The first-order chi connectivity index (χ1) is 20.6. The molecule has 2 amide bonds. The fourth-order valence-electron chi connectivity index (χ4n) is 5.64. The molecule has 3 atom stereocenters. The Morgan fingerprint density at radius 3 is 2.67 bits per heavy atom. The molecule has 9 nitrogen and oxygen atoms in total. The highest BCUT2D eigenvalue weighted by atomic mass is 35.5.